The number of rotatable bonds is 6. The summed E-state index contributed by atoms with van der Waals surface area (Å²) in [7, 11) is 0. The van der Waals surface area contributed by atoms with Crippen LogP contribution in [0.3, 0.4) is 0 Å². The second-order valence-electron chi connectivity index (χ2n) is 4.46. The third kappa shape index (κ3) is 4.84. The maximum Gasteiger partial charge on any atom is 0.116 e. The molecule has 0 radical (unpaired) electrons. The van der Waals surface area contributed by atoms with Crippen molar-refractivity contribution >= 4 is 34.7 Å². The summed E-state index contributed by atoms with van der Waals surface area (Å²) in [5.41, 5.74) is 0.681. The molecule has 0 atom stereocenters. The summed E-state index contributed by atoms with van der Waals surface area (Å²) < 4.78 is 7.39. The van der Waals surface area contributed by atoms with Gasteiger partial charge in [0.15, 0.2) is 0 Å². The molecule has 0 saturated carbocycles. The lowest BCUT2D eigenvalue weighted by Gasteiger charge is -2.09. The molecule has 2 rings (SSSR count). The standard InChI is InChI=1S/C15H17Cl2N3O/c1-2-8-21-9-5-15(20-7-6-18-11-20)19-14-4-3-12(16)10-13(14)17/h3-4,6-7,10-11H,2,5,8-9H2,1H3. The van der Waals surface area contributed by atoms with Crippen molar-refractivity contribution < 1.29 is 4.74 Å². The highest BCUT2D eigenvalue weighted by molar-refractivity contribution is 6.36. The van der Waals surface area contributed by atoms with Gasteiger partial charge in [-0.2, -0.15) is 0 Å². The summed E-state index contributed by atoms with van der Waals surface area (Å²) in [6.07, 6.45) is 6.95. The van der Waals surface area contributed by atoms with Gasteiger partial charge in [-0.05, 0) is 24.6 Å². The molecule has 6 heteroatoms. The van der Waals surface area contributed by atoms with E-state index in [1.807, 2.05) is 10.8 Å². The average molecular weight is 326 g/mol. The molecule has 1 aromatic heterocycles. The van der Waals surface area contributed by atoms with Gasteiger partial charge in [-0.3, -0.25) is 4.57 Å². The quantitative estimate of drug-likeness (QED) is 0.443. The highest BCUT2D eigenvalue weighted by Gasteiger charge is 2.06. The molecule has 4 nitrogen and oxygen atoms in total. The number of nitrogens with zero attached hydrogens (tertiary/aromatic N) is 3. The van der Waals surface area contributed by atoms with Gasteiger partial charge >= 0.3 is 0 Å². The van der Waals surface area contributed by atoms with Crippen molar-refractivity contribution in [2.75, 3.05) is 13.2 Å². The van der Waals surface area contributed by atoms with Crippen LogP contribution in [0.5, 0.6) is 0 Å². The first-order chi connectivity index (χ1) is 10.2. The van der Waals surface area contributed by atoms with Crippen LogP contribution >= 0.6 is 23.2 Å². The lowest BCUT2D eigenvalue weighted by Crippen LogP contribution is -2.13. The van der Waals surface area contributed by atoms with Crippen molar-refractivity contribution in [2.45, 2.75) is 19.8 Å². The SMILES string of the molecule is CCCOCCC(=Nc1ccc(Cl)cc1Cl)n1ccnc1. The van der Waals surface area contributed by atoms with E-state index in [1.54, 1.807) is 30.7 Å². The smallest absolute Gasteiger partial charge is 0.116 e. The molecule has 21 heavy (non-hydrogen) atoms. The zero-order valence-corrected chi connectivity index (χ0v) is 13.3. The largest absolute Gasteiger partial charge is 0.381 e. The summed E-state index contributed by atoms with van der Waals surface area (Å²) in [6.45, 7) is 3.44. The maximum atomic E-state index is 6.17. The molecule has 0 amide bonds. The number of aromatic nitrogens is 2. The summed E-state index contributed by atoms with van der Waals surface area (Å²) in [5.74, 6) is 0.827. The number of halogens is 2. The monoisotopic (exact) mass is 325 g/mol. The van der Waals surface area contributed by atoms with Crippen molar-refractivity contribution in [2.24, 2.45) is 4.99 Å². The maximum absolute atomic E-state index is 6.17. The van der Waals surface area contributed by atoms with Gasteiger partial charge in [0.1, 0.15) is 12.2 Å². The molecule has 0 saturated heterocycles. The van der Waals surface area contributed by atoms with Gasteiger partial charge in [-0.1, -0.05) is 30.1 Å². The van der Waals surface area contributed by atoms with E-state index in [0.29, 0.717) is 28.8 Å². The molecule has 1 aromatic carbocycles. The minimum Gasteiger partial charge on any atom is -0.381 e. The van der Waals surface area contributed by atoms with Gasteiger partial charge in [-0.15, -0.1) is 0 Å². The highest BCUT2D eigenvalue weighted by Crippen LogP contribution is 2.28. The van der Waals surface area contributed by atoms with E-state index in [-0.39, 0.29) is 0 Å². The van der Waals surface area contributed by atoms with E-state index in [1.165, 1.54) is 0 Å². The Morgan fingerprint density at radius 2 is 2.19 bits per heavy atom. The number of ether oxygens (including phenoxy) is 1. The van der Waals surface area contributed by atoms with Crippen LogP contribution in [-0.2, 0) is 4.74 Å². The van der Waals surface area contributed by atoms with Crippen molar-refractivity contribution in [3.63, 3.8) is 0 Å². The second kappa shape index (κ2) is 8.17. The minimum atomic E-state index is 0.523. The molecule has 0 spiro atoms. The van der Waals surface area contributed by atoms with E-state index < -0.39 is 0 Å². The molecule has 1 heterocycles. The second-order valence-corrected chi connectivity index (χ2v) is 5.30. The zero-order valence-electron chi connectivity index (χ0n) is 11.8. The van der Waals surface area contributed by atoms with Crippen molar-refractivity contribution in [1.82, 2.24) is 9.55 Å². The van der Waals surface area contributed by atoms with E-state index in [4.69, 9.17) is 27.9 Å². The lowest BCUT2D eigenvalue weighted by molar-refractivity contribution is 0.141. The van der Waals surface area contributed by atoms with Crippen LogP contribution in [0.2, 0.25) is 10.0 Å². The van der Waals surface area contributed by atoms with Crippen molar-refractivity contribution in [3.05, 3.63) is 47.0 Å². The number of hydrogen-bond acceptors (Lipinski definition) is 3. The Morgan fingerprint density at radius 3 is 2.86 bits per heavy atom. The first-order valence-corrected chi connectivity index (χ1v) is 7.55. The zero-order chi connectivity index (χ0) is 15.1. The molecule has 0 N–H and O–H groups in total. The fourth-order valence-electron chi connectivity index (χ4n) is 1.78. The van der Waals surface area contributed by atoms with Crippen molar-refractivity contribution in [3.8, 4) is 0 Å². The van der Waals surface area contributed by atoms with Crippen molar-refractivity contribution in [1.29, 1.82) is 0 Å². The van der Waals surface area contributed by atoms with Crippen LogP contribution in [0.25, 0.3) is 0 Å². The van der Waals surface area contributed by atoms with Crippen LogP contribution in [0.15, 0.2) is 41.9 Å². The van der Waals surface area contributed by atoms with E-state index in [0.717, 1.165) is 18.9 Å². The predicted octanol–water partition coefficient (Wildman–Crippen LogP) is 4.58. The molecular formula is C15H17Cl2N3O. The number of hydrogen-bond donors (Lipinski definition) is 0. The summed E-state index contributed by atoms with van der Waals surface area (Å²) in [6, 6.07) is 5.25. The molecule has 0 aliphatic rings. The molecule has 0 bridgehead atoms. The molecular weight excluding hydrogens is 309 g/mol. The van der Waals surface area contributed by atoms with E-state index in [9.17, 15) is 0 Å². The van der Waals surface area contributed by atoms with Crippen LogP contribution in [0.4, 0.5) is 5.69 Å². The van der Waals surface area contributed by atoms with Crippen LogP contribution in [0.1, 0.15) is 19.8 Å². The number of benzene rings is 1. The molecule has 2 aromatic rings. The molecule has 0 aliphatic carbocycles. The Morgan fingerprint density at radius 1 is 1.33 bits per heavy atom. The fraction of sp³-hybridized carbons (Fsp3) is 0.333. The predicted molar refractivity (Wildman–Crippen MR) is 86.9 cm³/mol. The Bertz CT molecular complexity index is 597. The Labute approximate surface area is 134 Å². The van der Waals surface area contributed by atoms with Gasteiger partial charge in [0.2, 0.25) is 0 Å². The highest BCUT2D eigenvalue weighted by atomic mass is 35.5. The third-order valence-electron chi connectivity index (χ3n) is 2.78. The molecule has 0 fully saturated rings. The van der Waals surface area contributed by atoms with Crippen LogP contribution in [0, 0.1) is 0 Å². The molecule has 112 valence electrons. The van der Waals surface area contributed by atoms with Crippen LogP contribution in [-0.4, -0.2) is 28.6 Å². The first kappa shape index (κ1) is 16.0. The lowest BCUT2D eigenvalue weighted by atomic mass is 10.3. The third-order valence-corrected chi connectivity index (χ3v) is 3.32. The van der Waals surface area contributed by atoms with Gasteiger partial charge < -0.3 is 4.74 Å². The van der Waals surface area contributed by atoms with Crippen LogP contribution < -0.4 is 0 Å². The Balaban J connectivity index is 2.20. The van der Waals surface area contributed by atoms with Gasteiger partial charge in [0.05, 0.1) is 17.3 Å². The minimum absolute atomic E-state index is 0.523. The Kier molecular flexibility index (Phi) is 6.23. The average Bonchev–Trinajstić information content (AvgIpc) is 2.98. The number of aliphatic imine (C=N–C) groups is 1. The topological polar surface area (TPSA) is 39.4 Å². The number of imidazole rings is 1. The summed E-state index contributed by atoms with van der Waals surface area (Å²) in [4.78, 5) is 8.66. The van der Waals surface area contributed by atoms with E-state index in [2.05, 4.69) is 16.9 Å². The Hall–Kier alpha value is -1.36. The summed E-state index contributed by atoms with van der Waals surface area (Å²) >= 11 is 12.1. The first-order valence-electron chi connectivity index (χ1n) is 6.79. The fourth-order valence-corrected chi connectivity index (χ4v) is 2.23. The van der Waals surface area contributed by atoms with E-state index >= 15 is 0 Å². The normalized spacial score (nSPS) is 11.9. The van der Waals surface area contributed by atoms with Gasteiger partial charge in [0, 0.05) is 30.4 Å². The van der Waals surface area contributed by atoms with Gasteiger partial charge in [-0.25, -0.2) is 9.98 Å². The summed E-state index contributed by atoms with van der Waals surface area (Å²) in [5, 5.41) is 1.11. The molecule has 0 aliphatic heterocycles. The molecule has 0 unspecified atom stereocenters. The van der Waals surface area contributed by atoms with Gasteiger partial charge in [0.25, 0.3) is 0 Å².